The minimum absolute atomic E-state index is 0.263. The van der Waals surface area contributed by atoms with Gasteiger partial charge in [-0.2, -0.15) is 0 Å². The molecule has 3 nitrogen and oxygen atoms in total. The van der Waals surface area contributed by atoms with Crippen molar-refractivity contribution in [3.8, 4) is 0 Å². The van der Waals surface area contributed by atoms with Crippen molar-refractivity contribution in [2.75, 3.05) is 0 Å². The van der Waals surface area contributed by atoms with Gasteiger partial charge < -0.3 is 0 Å². The zero-order valence-corrected chi connectivity index (χ0v) is 9.26. The fourth-order valence-corrected chi connectivity index (χ4v) is 2.27. The number of primary sulfonamides is 1. The van der Waals surface area contributed by atoms with Crippen molar-refractivity contribution in [1.82, 2.24) is 0 Å². The van der Waals surface area contributed by atoms with E-state index in [9.17, 15) is 8.42 Å². The van der Waals surface area contributed by atoms with E-state index < -0.39 is 10.0 Å². The van der Waals surface area contributed by atoms with E-state index in [1.807, 2.05) is 26.0 Å². The molecule has 0 unspecified atom stereocenters. The molecule has 0 radical (unpaired) electrons. The van der Waals surface area contributed by atoms with Gasteiger partial charge in [0.15, 0.2) is 0 Å². The van der Waals surface area contributed by atoms with Gasteiger partial charge in [-0.25, -0.2) is 13.6 Å². The molecule has 0 saturated heterocycles. The van der Waals surface area contributed by atoms with Gasteiger partial charge in [-0.3, -0.25) is 0 Å². The van der Waals surface area contributed by atoms with Crippen LogP contribution < -0.4 is 5.14 Å². The lowest BCUT2D eigenvalue weighted by Crippen LogP contribution is -2.14. The molecule has 0 bridgehead atoms. The third-order valence-corrected chi connectivity index (χ3v) is 3.22. The molecular formula is C10H15NO2S. The van der Waals surface area contributed by atoms with Gasteiger partial charge in [0.1, 0.15) is 0 Å². The fourth-order valence-electron chi connectivity index (χ4n) is 1.38. The Bertz CT molecular complexity index is 424. The van der Waals surface area contributed by atoms with Crippen molar-refractivity contribution in [3.63, 3.8) is 0 Å². The summed E-state index contributed by atoms with van der Waals surface area (Å²) in [6.07, 6.45) is 1.49. The van der Waals surface area contributed by atoms with Gasteiger partial charge in [-0.15, -0.1) is 0 Å². The molecule has 1 rings (SSSR count). The van der Waals surface area contributed by atoms with Crippen molar-refractivity contribution in [2.45, 2.75) is 31.6 Å². The van der Waals surface area contributed by atoms with Crippen LogP contribution in [0.4, 0.5) is 0 Å². The monoisotopic (exact) mass is 213 g/mol. The van der Waals surface area contributed by atoms with Crippen LogP contribution in [0.2, 0.25) is 0 Å². The van der Waals surface area contributed by atoms with E-state index in [2.05, 4.69) is 0 Å². The first-order valence-electron chi connectivity index (χ1n) is 4.63. The Morgan fingerprint density at radius 2 is 1.86 bits per heavy atom. The average Bonchev–Trinajstić information content (AvgIpc) is 2.15. The van der Waals surface area contributed by atoms with E-state index >= 15 is 0 Å². The summed E-state index contributed by atoms with van der Waals surface area (Å²) in [7, 11) is -3.58. The number of hydrogen-bond acceptors (Lipinski definition) is 2. The predicted molar refractivity (Wildman–Crippen MR) is 56.6 cm³/mol. The maximum absolute atomic E-state index is 11.3. The van der Waals surface area contributed by atoms with Crippen LogP contribution in [-0.4, -0.2) is 8.42 Å². The van der Waals surface area contributed by atoms with Crippen LogP contribution in [0.5, 0.6) is 0 Å². The van der Waals surface area contributed by atoms with Crippen LogP contribution in [-0.2, 0) is 22.9 Å². The van der Waals surface area contributed by atoms with Crippen molar-refractivity contribution in [3.05, 3.63) is 29.3 Å². The first kappa shape index (κ1) is 11.2. The third kappa shape index (κ3) is 2.33. The van der Waals surface area contributed by atoms with Crippen LogP contribution in [0.1, 0.15) is 25.0 Å². The number of rotatable bonds is 3. The topological polar surface area (TPSA) is 60.2 Å². The van der Waals surface area contributed by atoms with Gasteiger partial charge >= 0.3 is 0 Å². The molecule has 2 N–H and O–H groups in total. The smallest absolute Gasteiger partial charge is 0.225 e. The van der Waals surface area contributed by atoms with Crippen molar-refractivity contribution >= 4 is 10.0 Å². The van der Waals surface area contributed by atoms with Crippen LogP contribution in [0.25, 0.3) is 0 Å². The molecule has 0 spiro atoms. The summed E-state index contributed by atoms with van der Waals surface area (Å²) in [6.45, 7) is 3.89. The maximum atomic E-state index is 11.3. The molecule has 4 heteroatoms. The summed E-state index contributed by atoms with van der Waals surface area (Å²) >= 11 is 0. The maximum Gasteiger partial charge on any atom is 0.238 e. The van der Waals surface area contributed by atoms with Crippen LogP contribution in [0.15, 0.2) is 23.1 Å². The molecular weight excluding hydrogens is 198 g/mol. The molecule has 14 heavy (non-hydrogen) atoms. The van der Waals surface area contributed by atoms with Gasteiger partial charge in [0, 0.05) is 0 Å². The van der Waals surface area contributed by atoms with Gasteiger partial charge in [-0.1, -0.05) is 26.0 Å². The van der Waals surface area contributed by atoms with Crippen LogP contribution >= 0.6 is 0 Å². The summed E-state index contributed by atoms with van der Waals surface area (Å²) < 4.78 is 22.5. The standard InChI is InChI=1S/C10H15NO2S/c1-3-8-5-6-9(4-2)10(7-8)14(11,12)13/h5-7H,3-4H2,1-2H3,(H2,11,12,13). The summed E-state index contributed by atoms with van der Waals surface area (Å²) in [5.74, 6) is 0. The van der Waals surface area contributed by atoms with E-state index in [-0.39, 0.29) is 4.90 Å². The molecule has 78 valence electrons. The Morgan fingerprint density at radius 1 is 1.21 bits per heavy atom. The highest BCUT2D eigenvalue weighted by molar-refractivity contribution is 7.89. The van der Waals surface area contributed by atoms with Gasteiger partial charge in [0.2, 0.25) is 10.0 Å². The zero-order chi connectivity index (χ0) is 10.8. The number of nitrogens with two attached hydrogens (primary N) is 1. The minimum atomic E-state index is -3.58. The van der Waals surface area contributed by atoms with Crippen LogP contribution in [0.3, 0.4) is 0 Å². The Balaban J connectivity index is 3.37. The van der Waals surface area contributed by atoms with E-state index in [0.29, 0.717) is 6.42 Å². The van der Waals surface area contributed by atoms with E-state index in [1.54, 1.807) is 6.07 Å². The number of sulfonamides is 1. The van der Waals surface area contributed by atoms with E-state index in [1.165, 1.54) is 0 Å². The largest absolute Gasteiger partial charge is 0.238 e. The van der Waals surface area contributed by atoms with Crippen LogP contribution in [0, 0.1) is 0 Å². The number of hydrogen-bond donors (Lipinski definition) is 1. The average molecular weight is 213 g/mol. The molecule has 1 aromatic carbocycles. The minimum Gasteiger partial charge on any atom is -0.225 e. The van der Waals surface area contributed by atoms with E-state index in [4.69, 9.17) is 5.14 Å². The summed E-state index contributed by atoms with van der Waals surface area (Å²) in [6, 6.07) is 5.43. The lowest BCUT2D eigenvalue weighted by atomic mass is 10.1. The van der Waals surface area contributed by atoms with Gasteiger partial charge in [-0.05, 0) is 30.0 Å². The highest BCUT2D eigenvalue weighted by Gasteiger charge is 2.12. The predicted octanol–water partition coefficient (Wildman–Crippen LogP) is 1.46. The second kappa shape index (κ2) is 4.11. The highest BCUT2D eigenvalue weighted by atomic mass is 32.2. The second-order valence-corrected chi connectivity index (χ2v) is 4.72. The normalized spacial score (nSPS) is 11.6. The summed E-state index contributed by atoms with van der Waals surface area (Å²) in [5.41, 5.74) is 1.77. The quantitative estimate of drug-likeness (QED) is 0.826. The molecule has 1 aromatic rings. The second-order valence-electron chi connectivity index (χ2n) is 3.19. The van der Waals surface area contributed by atoms with Crippen molar-refractivity contribution in [1.29, 1.82) is 0 Å². The highest BCUT2D eigenvalue weighted by Crippen LogP contribution is 2.17. The fraction of sp³-hybridized carbons (Fsp3) is 0.400. The first-order valence-corrected chi connectivity index (χ1v) is 6.18. The molecule has 0 atom stereocenters. The Morgan fingerprint density at radius 3 is 2.29 bits per heavy atom. The zero-order valence-electron chi connectivity index (χ0n) is 8.45. The Labute approximate surface area is 85.0 Å². The molecule has 0 aliphatic carbocycles. The molecule has 0 heterocycles. The SMILES string of the molecule is CCc1ccc(CC)c(S(N)(=O)=O)c1. The molecule has 0 aliphatic rings. The first-order chi connectivity index (χ1) is 6.49. The lowest BCUT2D eigenvalue weighted by Gasteiger charge is -2.07. The Kier molecular flexibility index (Phi) is 3.29. The molecule has 0 fully saturated rings. The number of benzene rings is 1. The molecule has 0 saturated carbocycles. The van der Waals surface area contributed by atoms with Gasteiger partial charge in [0.25, 0.3) is 0 Å². The molecule has 0 amide bonds. The summed E-state index contributed by atoms with van der Waals surface area (Å²) in [4.78, 5) is 0.263. The Hall–Kier alpha value is -0.870. The third-order valence-electron chi connectivity index (χ3n) is 2.23. The summed E-state index contributed by atoms with van der Waals surface area (Å²) in [5, 5.41) is 5.13. The van der Waals surface area contributed by atoms with Gasteiger partial charge in [0.05, 0.1) is 4.90 Å². The van der Waals surface area contributed by atoms with E-state index in [0.717, 1.165) is 17.5 Å². The van der Waals surface area contributed by atoms with Crippen molar-refractivity contribution < 1.29 is 8.42 Å². The molecule has 0 aromatic heterocycles. The molecule has 0 aliphatic heterocycles. The van der Waals surface area contributed by atoms with Crippen molar-refractivity contribution in [2.24, 2.45) is 5.14 Å². The lowest BCUT2D eigenvalue weighted by molar-refractivity contribution is 0.596. The number of aryl methyl sites for hydroxylation is 2.